The number of hydrogen-bond donors (Lipinski definition) is 1. The highest BCUT2D eigenvalue weighted by Gasteiger charge is 2.24. The van der Waals surface area contributed by atoms with Crippen LogP contribution >= 0.6 is 0 Å². The summed E-state index contributed by atoms with van der Waals surface area (Å²) in [6, 6.07) is 16.4. The Hall–Kier alpha value is -3.59. The van der Waals surface area contributed by atoms with Gasteiger partial charge in [0.2, 0.25) is 0 Å². The number of ether oxygens (including phenoxy) is 1. The molecule has 0 fully saturated rings. The first-order valence-corrected chi connectivity index (χ1v) is 9.17. The number of para-hydroxylation sites is 1. The van der Waals surface area contributed by atoms with Gasteiger partial charge in [-0.15, -0.1) is 0 Å². The highest BCUT2D eigenvalue weighted by molar-refractivity contribution is 6.09. The van der Waals surface area contributed by atoms with Crippen molar-refractivity contribution in [2.45, 2.75) is 19.8 Å². The van der Waals surface area contributed by atoms with Gasteiger partial charge in [0.25, 0.3) is 5.91 Å². The van der Waals surface area contributed by atoms with Gasteiger partial charge in [0, 0.05) is 24.1 Å². The van der Waals surface area contributed by atoms with Gasteiger partial charge in [-0.05, 0) is 55.7 Å². The summed E-state index contributed by atoms with van der Waals surface area (Å²) >= 11 is 0. The molecule has 142 valence electrons. The molecule has 0 radical (unpaired) electrons. The van der Waals surface area contributed by atoms with Crippen LogP contribution in [0, 0.1) is 11.3 Å². The maximum Gasteiger partial charge on any atom is 0.338 e. The van der Waals surface area contributed by atoms with Gasteiger partial charge in [-0.25, -0.2) is 4.79 Å². The van der Waals surface area contributed by atoms with Crippen LogP contribution in [0.25, 0.3) is 0 Å². The SMILES string of the molecule is CCOC(=O)c1ccc(N/C=C(/C#N)C(=O)N2CCCc3ccccc32)cc1. The number of rotatable bonds is 5. The molecule has 28 heavy (non-hydrogen) atoms. The molecule has 3 rings (SSSR count). The number of carbonyl (C=O) groups is 2. The van der Waals surface area contributed by atoms with Gasteiger partial charge in [-0.3, -0.25) is 4.79 Å². The van der Waals surface area contributed by atoms with Crippen LogP contribution in [-0.2, 0) is 16.0 Å². The number of nitriles is 1. The van der Waals surface area contributed by atoms with E-state index in [1.54, 1.807) is 36.1 Å². The molecule has 1 heterocycles. The maximum atomic E-state index is 12.9. The second kappa shape index (κ2) is 8.87. The monoisotopic (exact) mass is 375 g/mol. The van der Waals surface area contributed by atoms with Crippen LogP contribution in [0.3, 0.4) is 0 Å². The van der Waals surface area contributed by atoms with Gasteiger partial charge in [-0.1, -0.05) is 18.2 Å². The van der Waals surface area contributed by atoms with Crippen molar-refractivity contribution < 1.29 is 14.3 Å². The average Bonchev–Trinajstić information content (AvgIpc) is 2.74. The number of fused-ring (bicyclic) bond motifs is 1. The van der Waals surface area contributed by atoms with Crippen molar-refractivity contribution in [2.75, 3.05) is 23.4 Å². The van der Waals surface area contributed by atoms with Crippen LogP contribution in [0.4, 0.5) is 11.4 Å². The summed E-state index contributed by atoms with van der Waals surface area (Å²) in [5.41, 5.74) is 3.09. The summed E-state index contributed by atoms with van der Waals surface area (Å²) in [7, 11) is 0. The molecule has 1 aliphatic heterocycles. The summed E-state index contributed by atoms with van der Waals surface area (Å²) in [6.07, 6.45) is 3.19. The molecule has 0 atom stereocenters. The van der Waals surface area contributed by atoms with Gasteiger partial charge in [0.05, 0.1) is 12.2 Å². The van der Waals surface area contributed by atoms with Crippen molar-refractivity contribution in [3.8, 4) is 6.07 Å². The fourth-order valence-corrected chi connectivity index (χ4v) is 3.10. The topological polar surface area (TPSA) is 82.4 Å². The molecule has 6 heteroatoms. The summed E-state index contributed by atoms with van der Waals surface area (Å²) in [5.74, 6) is -0.716. The molecule has 2 aromatic carbocycles. The van der Waals surface area contributed by atoms with Crippen LogP contribution in [-0.4, -0.2) is 25.0 Å². The van der Waals surface area contributed by atoms with E-state index in [0.29, 0.717) is 24.4 Å². The first-order chi connectivity index (χ1) is 13.6. The Kier molecular flexibility index (Phi) is 6.07. The molecule has 0 aliphatic carbocycles. The number of hydrogen-bond acceptors (Lipinski definition) is 5. The Morgan fingerprint density at radius 3 is 2.68 bits per heavy atom. The second-order valence-electron chi connectivity index (χ2n) is 6.30. The van der Waals surface area contributed by atoms with Crippen molar-refractivity contribution in [3.05, 3.63) is 71.4 Å². The molecule has 2 aromatic rings. The van der Waals surface area contributed by atoms with Crippen LogP contribution in [0.1, 0.15) is 29.3 Å². The molecular weight excluding hydrogens is 354 g/mol. The van der Waals surface area contributed by atoms with Crippen molar-refractivity contribution in [1.29, 1.82) is 5.26 Å². The van der Waals surface area contributed by atoms with E-state index in [2.05, 4.69) is 5.32 Å². The minimum Gasteiger partial charge on any atom is -0.462 e. The molecule has 0 aromatic heterocycles. The lowest BCUT2D eigenvalue weighted by Crippen LogP contribution is -2.36. The molecular formula is C22H21N3O3. The van der Waals surface area contributed by atoms with E-state index in [9.17, 15) is 14.9 Å². The van der Waals surface area contributed by atoms with E-state index in [1.807, 2.05) is 30.3 Å². The highest BCUT2D eigenvalue weighted by atomic mass is 16.5. The number of amides is 1. The first kappa shape index (κ1) is 19.2. The molecule has 0 bridgehead atoms. The standard InChI is InChI=1S/C22H21N3O3/c1-2-28-22(27)17-9-11-19(12-10-17)24-15-18(14-23)21(26)25-13-5-7-16-6-3-4-8-20(16)25/h3-4,6,8-12,15,24H,2,5,7,13H2,1H3/b18-15-. The van der Waals surface area contributed by atoms with Gasteiger partial charge >= 0.3 is 5.97 Å². The van der Waals surface area contributed by atoms with E-state index < -0.39 is 0 Å². The average molecular weight is 375 g/mol. The molecule has 0 saturated heterocycles. The van der Waals surface area contributed by atoms with E-state index in [4.69, 9.17) is 4.74 Å². The minimum atomic E-state index is -0.388. The number of esters is 1. The fraction of sp³-hybridized carbons (Fsp3) is 0.227. The number of carbonyl (C=O) groups excluding carboxylic acids is 2. The fourth-order valence-electron chi connectivity index (χ4n) is 3.10. The number of anilines is 2. The van der Waals surface area contributed by atoms with E-state index in [-0.39, 0.29) is 17.4 Å². The third-order valence-corrected chi connectivity index (χ3v) is 4.49. The summed E-state index contributed by atoms with van der Waals surface area (Å²) in [5, 5.41) is 12.4. The highest BCUT2D eigenvalue weighted by Crippen LogP contribution is 2.27. The molecule has 1 amide bonds. The largest absolute Gasteiger partial charge is 0.462 e. The van der Waals surface area contributed by atoms with Crippen LogP contribution in [0.15, 0.2) is 60.3 Å². The smallest absolute Gasteiger partial charge is 0.338 e. The first-order valence-electron chi connectivity index (χ1n) is 9.17. The molecule has 0 spiro atoms. The lowest BCUT2D eigenvalue weighted by Gasteiger charge is -2.29. The van der Waals surface area contributed by atoms with Crippen LogP contribution < -0.4 is 10.2 Å². The molecule has 0 unspecified atom stereocenters. The summed E-state index contributed by atoms with van der Waals surface area (Å²) in [6.45, 7) is 2.65. The molecule has 1 N–H and O–H groups in total. The van der Waals surface area contributed by atoms with Gasteiger partial charge < -0.3 is 15.0 Å². The van der Waals surface area contributed by atoms with Crippen molar-refractivity contribution in [3.63, 3.8) is 0 Å². The summed E-state index contributed by atoms with van der Waals surface area (Å²) < 4.78 is 4.95. The maximum absolute atomic E-state index is 12.9. The summed E-state index contributed by atoms with van der Waals surface area (Å²) in [4.78, 5) is 26.2. The lowest BCUT2D eigenvalue weighted by molar-refractivity contribution is -0.114. The van der Waals surface area contributed by atoms with Gasteiger partial charge in [-0.2, -0.15) is 5.26 Å². The van der Waals surface area contributed by atoms with Crippen LogP contribution in [0.2, 0.25) is 0 Å². The van der Waals surface area contributed by atoms with Crippen molar-refractivity contribution >= 4 is 23.3 Å². The number of nitrogens with one attached hydrogen (secondary N) is 1. The normalized spacial score (nSPS) is 13.3. The zero-order chi connectivity index (χ0) is 19.9. The third-order valence-electron chi connectivity index (χ3n) is 4.49. The lowest BCUT2D eigenvalue weighted by atomic mass is 10.0. The molecule has 1 aliphatic rings. The predicted molar refractivity (Wildman–Crippen MR) is 107 cm³/mol. The Morgan fingerprint density at radius 1 is 1.21 bits per heavy atom. The molecule has 0 saturated carbocycles. The Morgan fingerprint density at radius 2 is 1.96 bits per heavy atom. The van der Waals surface area contributed by atoms with Crippen molar-refractivity contribution in [1.82, 2.24) is 0 Å². The Bertz CT molecular complexity index is 942. The second-order valence-corrected chi connectivity index (χ2v) is 6.30. The van der Waals surface area contributed by atoms with Crippen LogP contribution in [0.5, 0.6) is 0 Å². The van der Waals surface area contributed by atoms with Crippen molar-refractivity contribution in [2.24, 2.45) is 0 Å². The Balaban J connectivity index is 1.73. The number of nitrogens with zero attached hydrogens (tertiary/aromatic N) is 2. The van der Waals surface area contributed by atoms with E-state index in [1.165, 1.54) is 6.20 Å². The number of aryl methyl sites for hydroxylation is 1. The minimum absolute atomic E-state index is 0.0196. The van der Waals surface area contributed by atoms with E-state index in [0.717, 1.165) is 24.1 Å². The Labute approximate surface area is 164 Å². The van der Waals surface area contributed by atoms with Gasteiger partial charge in [0.1, 0.15) is 11.6 Å². The predicted octanol–water partition coefficient (Wildman–Crippen LogP) is 3.66. The van der Waals surface area contributed by atoms with Gasteiger partial charge in [0.15, 0.2) is 0 Å². The zero-order valence-electron chi connectivity index (χ0n) is 15.6. The number of benzene rings is 2. The zero-order valence-corrected chi connectivity index (χ0v) is 15.6. The molecule has 6 nitrogen and oxygen atoms in total. The third kappa shape index (κ3) is 4.21. The van der Waals surface area contributed by atoms with E-state index >= 15 is 0 Å². The quantitative estimate of drug-likeness (QED) is 0.490.